The van der Waals surface area contributed by atoms with E-state index in [1.54, 1.807) is 18.5 Å². The predicted molar refractivity (Wildman–Crippen MR) is 139 cm³/mol. The fourth-order valence-corrected chi connectivity index (χ4v) is 5.39. The second kappa shape index (κ2) is 12.4. The topological polar surface area (TPSA) is 92.4 Å². The molecule has 0 aliphatic rings. The van der Waals surface area contributed by atoms with Gasteiger partial charge in [-0.1, -0.05) is 65.3 Å². The van der Waals surface area contributed by atoms with E-state index in [1.807, 2.05) is 66.1 Å². The summed E-state index contributed by atoms with van der Waals surface area (Å²) < 4.78 is 33.8. The van der Waals surface area contributed by atoms with Crippen molar-refractivity contribution in [1.29, 1.82) is 0 Å². The van der Waals surface area contributed by atoms with Crippen molar-refractivity contribution in [2.75, 3.05) is 0 Å². The minimum atomic E-state index is -5.08. The number of carboxylic acid groups (broad SMARTS) is 2. The van der Waals surface area contributed by atoms with Crippen molar-refractivity contribution < 1.29 is 33.0 Å². The highest BCUT2D eigenvalue weighted by atomic mass is 35.5. The zero-order valence-electron chi connectivity index (χ0n) is 19.5. The first-order valence-corrected chi connectivity index (χ1v) is 12.3. The summed E-state index contributed by atoms with van der Waals surface area (Å²) >= 11 is 13.9. The highest BCUT2D eigenvalue weighted by molar-refractivity contribution is 7.99. The zero-order valence-corrected chi connectivity index (χ0v) is 21.9. The lowest BCUT2D eigenvalue weighted by Crippen LogP contribution is -2.21. The largest absolute Gasteiger partial charge is 0.490 e. The third-order valence-electron chi connectivity index (χ3n) is 5.14. The van der Waals surface area contributed by atoms with Crippen LogP contribution in [0.1, 0.15) is 21.6 Å². The van der Waals surface area contributed by atoms with Crippen LogP contribution in [0.15, 0.2) is 83.0 Å². The Morgan fingerprint density at radius 2 is 1.53 bits per heavy atom. The average molecular weight is 583 g/mol. The van der Waals surface area contributed by atoms with E-state index in [1.165, 1.54) is 11.8 Å². The van der Waals surface area contributed by atoms with Gasteiger partial charge in [0.05, 0.1) is 10.6 Å². The van der Waals surface area contributed by atoms with E-state index >= 15 is 0 Å². The highest BCUT2D eigenvalue weighted by Gasteiger charge is 2.38. The molecule has 0 fully saturated rings. The number of carbonyl (C=O) groups is 2. The number of aromatic carboxylic acids is 1. The molecule has 4 aromatic rings. The maximum Gasteiger partial charge on any atom is 0.490 e. The molecule has 0 bridgehead atoms. The number of nitrogens with zero attached hydrogens (tertiary/aromatic N) is 2. The number of aliphatic carboxylic acids is 1. The first kappa shape index (κ1) is 29.1. The molecule has 198 valence electrons. The van der Waals surface area contributed by atoms with Crippen LogP contribution in [0, 0.1) is 6.92 Å². The van der Waals surface area contributed by atoms with Crippen LogP contribution in [-0.4, -0.2) is 37.9 Å². The summed E-state index contributed by atoms with van der Waals surface area (Å²) in [5, 5.41) is 19.1. The molecule has 12 heteroatoms. The number of aromatic nitrogens is 2. The van der Waals surface area contributed by atoms with Gasteiger partial charge in [-0.2, -0.15) is 13.2 Å². The Morgan fingerprint density at radius 1 is 0.974 bits per heavy atom. The lowest BCUT2D eigenvalue weighted by molar-refractivity contribution is -0.192. The molecule has 38 heavy (non-hydrogen) atoms. The van der Waals surface area contributed by atoms with Crippen molar-refractivity contribution in [2.24, 2.45) is 0 Å². The summed E-state index contributed by atoms with van der Waals surface area (Å²) in [7, 11) is 0. The standard InChI is InChI=1S/C24H18Cl2N2O2S.C2HF3O2/c1-15-21(24(29)30)22(17-5-3-2-4-6-17)23(28(15)14-16-7-9-27-10-8-16)31-20-12-18(25)11-19(26)13-20;3-2(4,5)1(6)7/h2-13H,14H2,1H3,(H,29,30);(H,6,7). The van der Waals surface area contributed by atoms with Gasteiger partial charge in [-0.15, -0.1) is 0 Å². The van der Waals surface area contributed by atoms with E-state index in [4.69, 9.17) is 33.1 Å². The number of halogens is 5. The molecule has 2 N–H and O–H groups in total. The van der Waals surface area contributed by atoms with Gasteiger partial charge < -0.3 is 14.8 Å². The van der Waals surface area contributed by atoms with Crippen molar-refractivity contribution in [3.63, 3.8) is 0 Å². The molecule has 0 saturated heterocycles. The van der Waals surface area contributed by atoms with Crippen molar-refractivity contribution in [3.05, 3.63) is 99.9 Å². The van der Waals surface area contributed by atoms with Gasteiger partial charge in [-0.25, -0.2) is 9.59 Å². The van der Waals surface area contributed by atoms with Crippen molar-refractivity contribution >= 4 is 46.9 Å². The van der Waals surface area contributed by atoms with Crippen molar-refractivity contribution in [3.8, 4) is 11.1 Å². The first-order chi connectivity index (χ1) is 17.9. The molecular formula is C26H19Cl2F3N2O4S. The third-order valence-corrected chi connectivity index (χ3v) is 6.66. The highest BCUT2D eigenvalue weighted by Crippen LogP contribution is 2.43. The fraction of sp³-hybridized carbons (Fsp3) is 0.115. The van der Waals surface area contributed by atoms with E-state index in [0.717, 1.165) is 21.0 Å². The third kappa shape index (κ3) is 7.31. The van der Waals surface area contributed by atoms with Crippen molar-refractivity contribution in [2.45, 2.75) is 29.6 Å². The molecule has 2 aromatic carbocycles. The molecule has 2 heterocycles. The Balaban J connectivity index is 0.000000505. The van der Waals surface area contributed by atoms with Gasteiger partial charge in [0.1, 0.15) is 0 Å². The Bertz CT molecular complexity index is 1430. The van der Waals surface area contributed by atoms with Crippen LogP contribution in [0.25, 0.3) is 11.1 Å². The van der Waals surface area contributed by atoms with E-state index in [-0.39, 0.29) is 5.56 Å². The number of rotatable bonds is 6. The summed E-state index contributed by atoms with van der Waals surface area (Å²) in [5.41, 5.74) is 3.51. The number of carboxylic acids is 2. The van der Waals surface area contributed by atoms with Gasteiger partial charge in [0.2, 0.25) is 0 Å². The van der Waals surface area contributed by atoms with Crippen LogP contribution in [0.5, 0.6) is 0 Å². The summed E-state index contributed by atoms with van der Waals surface area (Å²) in [5.74, 6) is -3.72. The van der Waals surface area contributed by atoms with Crippen LogP contribution < -0.4 is 0 Å². The summed E-state index contributed by atoms with van der Waals surface area (Å²) in [6.07, 6.45) is -1.62. The maximum atomic E-state index is 12.3. The molecule has 0 aliphatic heterocycles. The minimum absolute atomic E-state index is 0.288. The molecule has 2 aromatic heterocycles. The molecule has 0 unspecified atom stereocenters. The van der Waals surface area contributed by atoms with Crippen LogP contribution in [0.3, 0.4) is 0 Å². The number of hydrogen-bond acceptors (Lipinski definition) is 4. The van der Waals surface area contributed by atoms with E-state index in [2.05, 4.69) is 4.98 Å². The lowest BCUT2D eigenvalue weighted by atomic mass is 10.0. The molecule has 0 radical (unpaired) electrons. The van der Waals surface area contributed by atoms with Crippen LogP contribution in [0.2, 0.25) is 10.0 Å². The Kier molecular flexibility index (Phi) is 9.48. The van der Waals surface area contributed by atoms with Gasteiger partial charge >= 0.3 is 18.1 Å². The van der Waals surface area contributed by atoms with E-state index < -0.39 is 18.1 Å². The number of benzene rings is 2. The lowest BCUT2D eigenvalue weighted by Gasteiger charge is -2.13. The summed E-state index contributed by atoms with van der Waals surface area (Å²) in [6, 6.07) is 18.7. The van der Waals surface area contributed by atoms with Crippen molar-refractivity contribution in [1.82, 2.24) is 9.55 Å². The number of alkyl halides is 3. The van der Waals surface area contributed by atoms with Gasteiger partial charge in [0, 0.05) is 45.1 Å². The van der Waals surface area contributed by atoms with Crippen LogP contribution >= 0.6 is 35.0 Å². The Hall–Kier alpha value is -3.47. The summed E-state index contributed by atoms with van der Waals surface area (Å²) in [6.45, 7) is 2.35. The molecule has 0 amide bonds. The Labute approximate surface area is 229 Å². The van der Waals surface area contributed by atoms with Crippen LogP contribution in [0.4, 0.5) is 13.2 Å². The molecule has 0 saturated carbocycles. The SMILES string of the molecule is Cc1c(C(=O)O)c(-c2ccccc2)c(Sc2cc(Cl)cc(Cl)c2)n1Cc1ccncc1.O=C(O)C(F)(F)F. The molecule has 0 spiro atoms. The molecule has 0 atom stereocenters. The molecule has 4 rings (SSSR count). The minimum Gasteiger partial charge on any atom is -0.478 e. The summed E-state index contributed by atoms with van der Waals surface area (Å²) in [4.78, 5) is 26.1. The fourth-order valence-electron chi connectivity index (χ4n) is 3.51. The van der Waals surface area contributed by atoms with Gasteiger partial charge in [-0.3, -0.25) is 4.98 Å². The zero-order chi connectivity index (χ0) is 28.0. The number of hydrogen-bond donors (Lipinski definition) is 2. The van der Waals surface area contributed by atoms with Gasteiger partial charge in [-0.05, 0) is 48.4 Å². The second-order valence-corrected chi connectivity index (χ2v) is 9.70. The number of pyridine rings is 1. The molecular weight excluding hydrogens is 564 g/mol. The van der Waals surface area contributed by atoms with Gasteiger partial charge in [0.15, 0.2) is 0 Å². The van der Waals surface area contributed by atoms with Crippen LogP contribution in [-0.2, 0) is 11.3 Å². The quantitative estimate of drug-likeness (QED) is 0.242. The average Bonchev–Trinajstić information content (AvgIpc) is 3.11. The van der Waals surface area contributed by atoms with E-state index in [0.29, 0.717) is 27.8 Å². The maximum absolute atomic E-state index is 12.3. The molecule has 6 nitrogen and oxygen atoms in total. The van der Waals surface area contributed by atoms with Gasteiger partial charge in [0.25, 0.3) is 0 Å². The van der Waals surface area contributed by atoms with E-state index in [9.17, 15) is 23.1 Å². The second-order valence-electron chi connectivity index (χ2n) is 7.76. The monoisotopic (exact) mass is 582 g/mol. The molecule has 0 aliphatic carbocycles. The smallest absolute Gasteiger partial charge is 0.478 e. The Morgan fingerprint density at radius 3 is 2.03 bits per heavy atom. The normalized spacial score (nSPS) is 11.0. The predicted octanol–water partition coefficient (Wildman–Crippen LogP) is 7.70. The first-order valence-electron chi connectivity index (χ1n) is 10.7.